The van der Waals surface area contributed by atoms with Crippen molar-refractivity contribution in [2.75, 3.05) is 0 Å². The Labute approximate surface area is 109 Å². The van der Waals surface area contributed by atoms with Gasteiger partial charge in [0.2, 0.25) is 0 Å². The van der Waals surface area contributed by atoms with E-state index >= 15 is 0 Å². The zero-order valence-corrected chi connectivity index (χ0v) is 10.3. The minimum Gasteiger partial charge on any atom is -0.478 e. The first-order valence-electron chi connectivity index (χ1n) is 5.66. The lowest BCUT2D eigenvalue weighted by molar-refractivity contribution is 0.0695. The van der Waals surface area contributed by atoms with E-state index in [9.17, 15) is 9.59 Å². The summed E-state index contributed by atoms with van der Waals surface area (Å²) in [6.07, 6.45) is 0. The number of aromatic carboxylic acids is 2. The summed E-state index contributed by atoms with van der Waals surface area (Å²) in [5.74, 6) is -2.23. The van der Waals surface area contributed by atoms with Gasteiger partial charge in [0.05, 0.1) is 11.1 Å². The van der Waals surface area contributed by atoms with Crippen molar-refractivity contribution in [3.8, 4) is 11.1 Å². The summed E-state index contributed by atoms with van der Waals surface area (Å²) >= 11 is 0. The summed E-state index contributed by atoms with van der Waals surface area (Å²) in [5, 5.41) is 17.3. The van der Waals surface area contributed by atoms with E-state index in [0.29, 0.717) is 5.56 Å². The van der Waals surface area contributed by atoms with E-state index in [1.165, 1.54) is 23.3 Å². The fraction of sp³-hybridized carbons (Fsp3) is 0.0667. The van der Waals surface area contributed by atoms with E-state index in [4.69, 9.17) is 10.2 Å². The number of carboxylic acid groups (broad SMARTS) is 2. The summed E-state index contributed by atoms with van der Waals surface area (Å²) in [5.41, 5.74) is 3.42. The lowest BCUT2D eigenvalue weighted by atomic mass is 9.95. The van der Waals surface area contributed by atoms with Gasteiger partial charge in [0.1, 0.15) is 0 Å². The number of carboxylic acids is 2. The molecule has 0 heterocycles. The van der Waals surface area contributed by atoms with Crippen LogP contribution in [-0.4, -0.2) is 22.2 Å². The molecule has 0 saturated carbocycles. The summed E-state index contributed by atoms with van der Waals surface area (Å²) in [4.78, 5) is 21.1. The predicted octanol–water partition coefficient (Wildman–Crippen LogP) is 3.06. The number of aryl methyl sites for hydroxylation is 1. The molecule has 0 spiro atoms. The smallest absolute Gasteiger partial charge is 0.335 e. The number of hydrogen-bond donors (Lipinski definition) is 2. The highest BCUT2D eigenvalue weighted by Crippen LogP contribution is 2.29. The number of carbonyl (C=O) groups is 2. The molecule has 0 atom stereocenters. The molecule has 0 aromatic heterocycles. The van der Waals surface area contributed by atoms with Crippen molar-refractivity contribution in [1.82, 2.24) is 0 Å². The highest BCUT2D eigenvalue weighted by Gasteiger charge is 2.10. The minimum absolute atomic E-state index is 0.0111. The largest absolute Gasteiger partial charge is 0.478 e. The molecule has 4 heteroatoms. The fourth-order valence-electron chi connectivity index (χ4n) is 1.65. The second-order valence-electron chi connectivity index (χ2n) is 4.22. The number of fused-ring (bicyclic) bond motifs is 1. The Morgan fingerprint density at radius 3 is 1.68 bits per heavy atom. The third-order valence-electron chi connectivity index (χ3n) is 2.93. The van der Waals surface area contributed by atoms with Crippen molar-refractivity contribution in [3.05, 3.63) is 59.2 Å². The van der Waals surface area contributed by atoms with Crippen LogP contribution in [0.5, 0.6) is 0 Å². The van der Waals surface area contributed by atoms with Gasteiger partial charge in [-0.15, -0.1) is 0 Å². The maximum atomic E-state index is 10.6. The predicted molar refractivity (Wildman–Crippen MR) is 70.5 cm³/mol. The third kappa shape index (κ3) is 2.63. The molecule has 0 saturated heterocycles. The molecule has 0 radical (unpaired) electrons. The van der Waals surface area contributed by atoms with Crippen molar-refractivity contribution >= 4 is 11.9 Å². The van der Waals surface area contributed by atoms with Crippen molar-refractivity contribution in [1.29, 1.82) is 0 Å². The highest BCUT2D eigenvalue weighted by atomic mass is 16.4. The molecule has 2 aliphatic rings. The number of benzene rings is 2. The molecule has 0 fully saturated rings. The van der Waals surface area contributed by atoms with E-state index in [1.54, 1.807) is 6.92 Å². The van der Waals surface area contributed by atoms with Gasteiger partial charge in [-0.1, -0.05) is 30.3 Å². The second-order valence-corrected chi connectivity index (χ2v) is 4.22. The Morgan fingerprint density at radius 1 is 0.842 bits per heavy atom. The average molecular weight is 256 g/mol. The molecule has 4 nitrogen and oxygen atoms in total. The summed E-state index contributed by atoms with van der Waals surface area (Å²) in [6, 6.07) is 12.5. The summed E-state index contributed by atoms with van der Waals surface area (Å²) < 4.78 is 0. The molecule has 1 aromatic rings. The van der Waals surface area contributed by atoms with Crippen LogP contribution in [0.2, 0.25) is 0 Å². The topological polar surface area (TPSA) is 74.6 Å². The minimum atomic E-state index is -1.12. The van der Waals surface area contributed by atoms with Crippen LogP contribution in [-0.2, 0) is 0 Å². The van der Waals surface area contributed by atoms with Gasteiger partial charge >= 0.3 is 11.9 Å². The molecule has 3 rings (SSSR count). The van der Waals surface area contributed by atoms with E-state index in [0.717, 1.165) is 6.07 Å². The molecule has 1 aromatic carbocycles. The van der Waals surface area contributed by atoms with Gasteiger partial charge in [-0.25, -0.2) is 9.59 Å². The van der Waals surface area contributed by atoms with Gasteiger partial charge in [-0.2, -0.15) is 0 Å². The molecule has 0 amide bonds. The van der Waals surface area contributed by atoms with Crippen LogP contribution in [0.25, 0.3) is 11.1 Å². The van der Waals surface area contributed by atoms with Crippen LogP contribution >= 0.6 is 0 Å². The average Bonchev–Trinajstić information content (AvgIpc) is 2.34. The Balaban J connectivity index is 0.000000180. The van der Waals surface area contributed by atoms with Gasteiger partial charge in [0.25, 0.3) is 0 Å². The van der Waals surface area contributed by atoms with Crippen LogP contribution in [0.15, 0.2) is 42.5 Å². The molecule has 2 aliphatic carbocycles. The van der Waals surface area contributed by atoms with E-state index in [-0.39, 0.29) is 11.1 Å². The molecule has 96 valence electrons. The molecule has 0 unspecified atom stereocenters. The van der Waals surface area contributed by atoms with Crippen LogP contribution in [0.3, 0.4) is 0 Å². The van der Waals surface area contributed by atoms with E-state index < -0.39 is 11.9 Å². The molecule has 0 bridgehead atoms. The Hall–Kier alpha value is -2.62. The lowest BCUT2D eigenvalue weighted by Crippen LogP contribution is -2.03. The van der Waals surface area contributed by atoms with Crippen molar-refractivity contribution in [2.24, 2.45) is 0 Å². The van der Waals surface area contributed by atoms with Gasteiger partial charge in [-0.05, 0) is 35.7 Å². The van der Waals surface area contributed by atoms with E-state index in [1.807, 2.05) is 0 Å². The maximum Gasteiger partial charge on any atom is 0.335 e. The van der Waals surface area contributed by atoms with E-state index in [2.05, 4.69) is 24.3 Å². The maximum absolute atomic E-state index is 10.6. The lowest BCUT2D eigenvalue weighted by Gasteiger charge is -2.10. The van der Waals surface area contributed by atoms with Gasteiger partial charge in [0, 0.05) is 0 Å². The Kier molecular flexibility index (Phi) is 3.33. The molecular formula is C15H12O4. The van der Waals surface area contributed by atoms with Gasteiger partial charge in [0.15, 0.2) is 0 Å². The second kappa shape index (κ2) is 4.94. The first-order chi connectivity index (χ1) is 8.99. The summed E-state index contributed by atoms with van der Waals surface area (Å²) in [7, 11) is 0. The number of rotatable bonds is 2. The molecule has 2 N–H and O–H groups in total. The highest BCUT2D eigenvalue weighted by molar-refractivity contribution is 5.94. The molecule has 0 aliphatic heterocycles. The summed E-state index contributed by atoms with van der Waals surface area (Å²) in [6.45, 7) is 1.62. The van der Waals surface area contributed by atoms with Crippen molar-refractivity contribution < 1.29 is 19.8 Å². The van der Waals surface area contributed by atoms with Gasteiger partial charge in [-0.3, -0.25) is 0 Å². The van der Waals surface area contributed by atoms with Crippen LogP contribution in [0, 0.1) is 6.92 Å². The standard InChI is InChI=1S/C9H8O4.C6H4/c1-5-2-3-6(8(10)11)4-7(5)9(12)13;1-2-6-4-3-5(1)6/h2-4H,1H3,(H,10,11)(H,12,13);1-4H. The number of hydrogen-bond acceptors (Lipinski definition) is 2. The third-order valence-corrected chi connectivity index (χ3v) is 2.93. The van der Waals surface area contributed by atoms with Gasteiger partial charge < -0.3 is 10.2 Å². The Morgan fingerprint density at radius 2 is 1.37 bits per heavy atom. The van der Waals surface area contributed by atoms with Crippen LogP contribution in [0.1, 0.15) is 26.3 Å². The fourth-order valence-corrected chi connectivity index (χ4v) is 1.65. The van der Waals surface area contributed by atoms with Crippen molar-refractivity contribution in [3.63, 3.8) is 0 Å². The SMILES string of the molecule is Cc1ccc(C(=O)O)cc1C(=O)O.c1cc2ccc1-2. The van der Waals surface area contributed by atoms with Crippen molar-refractivity contribution in [2.45, 2.75) is 6.92 Å². The quantitative estimate of drug-likeness (QED) is 0.739. The zero-order chi connectivity index (χ0) is 14.0. The monoisotopic (exact) mass is 256 g/mol. The van der Waals surface area contributed by atoms with Crippen LogP contribution in [0.4, 0.5) is 0 Å². The first-order valence-corrected chi connectivity index (χ1v) is 5.66. The Bertz CT molecular complexity index is 621. The normalized spacial score (nSPS) is 10.2. The zero-order valence-electron chi connectivity index (χ0n) is 10.3. The molecular weight excluding hydrogens is 244 g/mol. The van der Waals surface area contributed by atoms with Crippen LogP contribution < -0.4 is 0 Å². The first kappa shape index (κ1) is 12.8. The molecule has 19 heavy (non-hydrogen) atoms.